The third-order valence-electron chi connectivity index (χ3n) is 4.11. The van der Waals surface area contributed by atoms with Crippen molar-refractivity contribution in [3.63, 3.8) is 0 Å². The van der Waals surface area contributed by atoms with Crippen LogP contribution in [-0.2, 0) is 0 Å². The van der Waals surface area contributed by atoms with E-state index in [9.17, 15) is 8.78 Å². The van der Waals surface area contributed by atoms with Crippen LogP contribution < -0.4 is 5.32 Å². The van der Waals surface area contributed by atoms with E-state index < -0.39 is 0 Å². The van der Waals surface area contributed by atoms with Crippen molar-refractivity contribution in [2.24, 2.45) is 5.92 Å². The molecule has 0 amide bonds. The first-order valence-electron chi connectivity index (χ1n) is 7.35. The minimum Gasteiger partial charge on any atom is -0.310 e. The minimum atomic E-state index is -0.375. The second-order valence-corrected chi connectivity index (χ2v) is 5.65. The molecule has 1 saturated carbocycles. The summed E-state index contributed by atoms with van der Waals surface area (Å²) in [4.78, 5) is 0. The molecule has 0 aliphatic heterocycles. The first kappa shape index (κ1) is 14.4. The highest BCUT2D eigenvalue weighted by Crippen LogP contribution is 2.24. The number of benzene rings is 1. The molecule has 1 fully saturated rings. The normalized spacial score (nSPS) is 19.1. The molecule has 0 bridgehead atoms. The number of hydrogen-bond acceptors (Lipinski definition) is 1. The second-order valence-electron chi connectivity index (χ2n) is 5.65. The van der Waals surface area contributed by atoms with E-state index in [1.807, 2.05) is 6.92 Å². The van der Waals surface area contributed by atoms with E-state index >= 15 is 0 Å². The van der Waals surface area contributed by atoms with Crippen LogP contribution in [0.4, 0.5) is 8.78 Å². The Morgan fingerprint density at radius 1 is 1.16 bits per heavy atom. The maximum atomic E-state index is 13.6. The van der Waals surface area contributed by atoms with E-state index in [1.165, 1.54) is 50.7 Å². The van der Waals surface area contributed by atoms with Gasteiger partial charge in [0.2, 0.25) is 0 Å². The predicted octanol–water partition coefficient (Wildman–Crippen LogP) is 4.59. The predicted molar refractivity (Wildman–Crippen MR) is 74.0 cm³/mol. The zero-order chi connectivity index (χ0) is 13.7. The average molecular weight is 267 g/mol. The summed E-state index contributed by atoms with van der Waals surface area (Å²) in [6.07, 6.45) is 7.79. The van der Waals surface area contributed by atoms with E-state index in [1.54, 1.807) is 0 Å². The topological polar surface area (TPSA) is 12.0 Å². The molecule has 1 aromatic rings. The molecule has 0 aromatic heterocycles. The standard InChI is InChI=1S/C16H23F2N/c1-12(15-10-14(17)8-9-16(15)18)19-11-13-6-4-2-3-5-7-13/h8-10,12-13,19H,2-7,11H2,1H3. The number of halogens is 2. The van der Waals surface area contributed by atoms with Crippen LogP contribution in [0.5, 0.6) is 0 Å². The highest BCUT2D eigenvalue weighted by atomic mass is 19.1. The molecule has 1 aromatic carbocycles. The Bertz CT molecular complexity index is 398. The Morgan fingerprint density at radius 2 is 1.84 bits per heavy atom. The molecule has 0 spiro atoms. The van der Waals surface area contributed by atoms with Gasteiger partial charge in [0.05, 0.1) is 0 Å². The molecule has 1 aliphatic rings. The van der Waals surface area contributed by atoms with Crippen LogP contribution in [0.1, 0.15) is 57.1 Å². The summed E-state index contributed by atoms with van der Waals surface area (Å²) in [6.45, 7) is 2.80. The maximum Gasteiger partial charge on any atom is 0.128 e. The summed E-state index contributed by atoms with van der Waals surface area (Å²) >= 11 is 0. The smallest absolute Gasteiger partial charge is 0.128 e. The van der Waals surface area contributed by atoms with Crippen molar-refractivity contribution in [2.75, 3.05) is 6.54 Å². The van der Waals surface area contributed by atoms with Gasteiger partial charge < -0.3 is 5.32 Å². The van der Waals surface area contributed by atoms with Gasteiger partial charge in [0.25, 0.3) is 0 Å². The van der Waals surface area contributed by atoms with Gasteiger partial charge in [0, 0.05) is 11.6 Å². The molecule has 19 heavy (non-hydrogen) atoms. The summed E-state index contributed by atoms with van der Waals surface area (Å²) < 4.78 is 26.8. The SMILES string of the molecule is CC(NCC1CCCCCC1)c1cc(F)ccc1F. The molecular formula is C16H23F2N. The van der Waals surface area contributed by atoms with Crippen LogP contribution in [0, 0.1) is 17.6 Å². The van der Waals surface area contributed by atoms with E-state index in [2.05, 4.69) is 5.32 Å². The van der Waals surface area contributed by atoms with Gasteiger partial charge in [0.15, 0.2) is 0 Å². The Hall–Kier alpha value is -0.960. The van der Waals surface area contributed by atoms with Gasteiger partial charge in [-0.3, -0.25) is 0 Å². The molecule has 1 unspecified atom stereocenters. The maximum absolute atomic E-state index is 13.6. The Kier molecular flexibility index (Phi) is 5.32. The van der Waals surface area contributed by atoms with Gasteiger partial charge in [0.1, 0.15) is 11.6 Å². The van der Waals surface area contributed by atoms with Gasteiger partial charge in [-0.1, -0.05) is 25.7 Å². The highest BCUT2D eigenvalue weighted by molar-refractivity contribution is 5.21. The molecule has 1 atom stereocenters. The Labute approximate surface area is 114 Å². The van der Waals surface area contributed by atoms with E-state index in [-0.39, 0.29) is 17.7 Å². The number of hydrogen-bond donors (Lipinski definition) is 1. The van der Waals surface area contributed by atoms with Crippen molar-refractivity contribution in [1.29, 1.82) is 0 Å². The van der Waals surface area contributed by atoms with Crippen LogP contribution in [0.15, 0.2) is 18.2 Å². The summed E-state index contributed by atoms with van der Waals surface area (Å²) in [5.41, 5.74) is 0.425. The lowest BCUT2D eigenvalue weighted by molar-refractivity contribution is 0.397. The van der Waals surface area contributed by atoms with Crippen molar-refractivity contribution < 1.29 is 8.78 Å². The van der Waals surface area contributed by atoms with Gasteiger partial charge in [-0.2, -0.15) is 0 Å². The molecule has 1 aliphatic carbocycles. The molecule has 1 N–H and O–H groups in total. The van der Waals surface area contributed by atoms with Crippen molar-refractivity contribution in [1.82, 2.24) is 5.32 Å². The first-order valence-corrected chi connectivity index (χ1v) is 7.35. The lowest BCUT2D eigenvalue weighted by Crippen LogP contribution is -2.26. The fourth-order valence-corrected chi connectivity index (χ4v) is 2.87. The minimum absolute atomic E-state index is 0.140. The van der Waals surface area contributed by atoms with Gasteiger partial charge in [-0.15, -0.1) is 0 Å². The van der Waals surface area contributed by atoms with E-state index in [4.69, 9.17) is 0 Å². The van der Waals surface area contributed by atoms with Gasteiger partial charge in [-0.25, -0.2) is 8.78 Å². The fraction of sp³-hybridized carbons (Fsp3) is 0.625. The van der Waals surface area contributed by atoms with Crippen LogP contribution >= 0.6 is 0 Å². The zero-order valence-electron chi connectivity index (χ0n) is 11.6. The molecule has 2 rings (SSSR count). The van der Waals surface area contributed by atoms with Crippen molar-refractivity contribution in [3.8, 4) is 0 Å². The monoisotopic (exact) mass is 267 g/mol. The molecule has 0 heterocycles. The summed E-state index contributed by atoms with van der Waals surface area (Å²) in [6, 6.07) is 3.52. The van der Waals surface area contributed by atoms with Crippen molar-refractivity contribution in [2.45, 2.75) is 51.5 Å². The summed E-state index contributed by atoms with van der Waals surface area (Å²) in [5.74, 6) is -0.0247. The van der Waals surface area contributed by atoms with Crippen molar-refractivity contribution >= 4 is 0 Å². The molecule has 0 saturated heterocycles. The Morgan fingerprint density at radius 3 is 2.53 bits per heavy atom. The van der Waals surface area contributed by atoms with Crippen molar-refractivity contribution in [3.05, 3.63) is 35.4 Å². The molecule has 106 valence electrons. The molecule has 0 radical (unpaired) electrons. The lowest BCUT2D eigenvalue weighted by atomic mass is 9.99. The summed E-state index contributed by atoms with van der Waals surface area (Å²) in [7, 11) is 0. The van der Waals surface area contributed by atoms with Crippen LogP contribution in [-0.4, -0.2) is 6.54 Å². The molecular weight excluding hydrogens is 244 g/mol. The molecule has 3 heteroatoms. The third kappa shape index (κ3) is 4.27. The van der Waals surface area contributed by atoms with Crippen LogP contribution in [0.3, 0.4) is 0 Å². The lowest BCUT2D eigenvalue weighted by Gasteiger charge is -2.20. The first-order chi connectivity index (χ1) is 9.16. The quantitative estimate of drug-likeness (QED) is 0.787. The van der Waals surface area contributed by atoms with Gasteiger partial charge >= 0.3 is 0 Å². The number of nitrogens with one attached hydrogen (secondary N) is 1. The average Bonchev–Trinajstić information content (AvgIpc) is 2.67. The molecule has 1 nitrogen and oxygen atoms in total. The number of rotatable bonds is 4. The fourth-order valence-electron chi connectivity index (χ4n) is 2.87. The van der Waals surface area contributed by atoms with Gasteiger partial charge in [-0.05, 0) is 50.4 Å². The largest absolute Gasteiger partial charge is 0.310 e. The highest BCUT2D eigenvalue weighted by Gasteiger charge is 2.16. The van der Waals surface area contributed by atoms with Crippen LogP contribution in [0.25, 0.3) is 0 Å². The summed E-state index contributed by atoms with van der Waals surface area (Å²) in [5, 5.41) is 3.36. The third-order valence-corrected chi connectivity index (χ3v) is 4.11. The van der Waals surface area contributed by atoms with E-state index in [0.29, 0.717) is 11.5 Å². The zero-order valence-corrected chi connectivity index (χ0v) is 11.6. The second kappa shape index (κ2) is 6.99. The van der Waals surface area contributed by atoms with E-state index in [0.717, 1.165) is 12.6 Å². The van der Waals surface area contributed by atoms with Crippen LogP contribution in [0.2, 0.25) is 0 Å². The Balaban J connectivity index is 1.89.